The van der Waals surface area contributed by atoms with E-state index in [-0.39, 0.29) is 24.5 Å². The summed E-state index contributed by atoms with van der Waals surface area (Å²) >= 11 is 0. The minimum atomic E-state index is -0.220. The molecule has 4 nitrogen and oxygen atoms in total. The van der Waals surface area contributed by atoms with Gasteiger partial charge in [-0.15, -0.1) is 0 Å². The van der Waals surface area contributed by atoms with E-state index in [0.29, 0.717) is 6.42 Å². The van der Waals surface area contributed by atoms with Gasteiger partial charge in [0, 0.05) is 23.2 Å². The van der Waals surface area contributed by atoms with Crippen molar-refractivity contribution in [3.05, 3.63) is 107 Å². The summed E-state index contributed by atoms with van der Waals surface area (Å²) < 4.78 is 11.2. The number of hydrogen-bond acceptors (Lipinski definition) is 4. The zero-order valence-electron chi connectivity index (χ0n) is 18.6. The molecule has 4 heteroatoms. The van der Waals surface area contributed by atoms with Gasteiger partial charge < -0.3 is 14.8 Å². The first-order valence-corrected chi connectivity index (χ1v) is 11.8. The molecule has 1 aliphatic carbocycles. The number of rotatable bonds is 2. The van der Waals surface area contributed by atoms with E-state index < -0.39 is 0 Å². The molecule has 4 aromatic carbocycles. The highest BCUT2D eigenvalue weighted by molar-refractivity contribution is 6.13. The fourth-order valence-electron chi connectivity index (χ4n) is 5.75. The number of anilines is 1. The van der Waals surface area contributed by atoms with Crippen LogP contribution in [0.25, 0.3) is 16.3 Å². The first-order chi connectivity index (χ1) is 16.8. The smallest absolute Gasteiger partial charge is 0.231 e. The summed E-state index contributed by atoms with van der Waals surface area (Å²) in [6, 6.07) is 29.0. The van der Waals surface area contributed by atoms with Gasteiger partial charge in [-0.3, -0.25) is 4.79 Å². The molecule has 0 spiro atoms. The lowest BCUT2D eigenvalue weighted by Gasteiger charge is -2.37. The van der Waals surface area contributed by atoms with Gasteiger partial charge in [0.25, 0.3) is 0 Å². The van der Waals surface area contributed by atoms with Crippen molar-refractivity contribution in [2.75, 3.05) is 12.1 Å². The Hall–Kier alpha value is -4.05. The normalized spacial score (nSPS) is 20.6. The zero-order chi connectivity index (χ0) is 22.6. The van der Waals surface area contributed by atoms with Crippen molar-refractivity contribution >= 4 is 27.8 Å². The van der Waals surface area contributed by atoms with Gasteiger partial charge in [0.05, 0.1) is 6.04 Å². The van der Waals surface area contributed by atoms with Gasteiger partial charge in [-0.2, -0.15) is 0 Å². The number of Topliss-reactive ketones (excluding diaryl/α,β-unsaturated/α-hetero) is 1. The molecule has 1 N–H and O–H groups in total. The van der Waals surface area contributed by atoms with Gasteiger partial charge in [-0.05, 0) is 58.0 Å². The molecule has 0 saturated heterocycles. The highest BCUT2D eigenvalue weighted by Gasteiger charge is 2.38. The molecule has 166 valence electrons. The molecule has 0 bridgehead atoms. The Morgan fingerprint density at radius 1 is 0.765 bits per heavy atom. The third kappa shape index (κ3) is 2.95. The third-order valence-corrected chi connectivity index (χ3v) is 7.33. The highest BCUT2D eigenvalue weighted by Crippen LogP contribution is 2.51. The fourth-order valence-corrected chi connectivity index (χ4v) is 5.75. The van der Waals surface area contributed by atoms with Crippen LogP contribution in [0.1, 0.15) is 41.5 Å². The van der Waals surface area contributed by atoms with Crippen molar-refractivity contribution in [2.45, 2.75) is 24.8 Å². The van der Waals surface area contributed by atoms with Crippen LogP contribution in [0.2, 0.25) is 0 Å². The largest absolute Gasteiger partial charge is 0.454 e. The van der Waals surface area contributed by atoms with Crippen LogP contribution >= 0.6 is 0 Å². The molecule has 0 saturated carbocycles. The van der Waals surface area contributed by atoms with Gasteiger partial charge >= 0.3 is 0 Å². The fraction of sp³-hybridized carbons (Fsp3) is 0.167. The number of benzene rings is 4. The number of allylic oxidation sites excluding steroid dienone is 1. The van der Waals surface area contributed by atoms with Gasteiger partial charge in [0.1, 0.15) is 0 Å². The number of nitrogens with one attached hydrogen (secondary N) is 1. The predicted octanol–water partition coefficient (Wildman–Crippen LogP) is 6.64. The lowest BCUT2D eigenvalue weighted by Crippen LogP contribution is -2.29. The summed E-state index contributed by atoms with van der Waals surface area (Å²) in [5.74, 6) is 1.87. The molecule has 2 atom stereocenters. The molecule has 0 aromatic heterocycles. The van der Waals surface area contributed by atoms with Crippen LogP contribution in [0.5, 0.6) is 11.5 Å². The van der Waals surface area contributed by atoms with Gasteiger partial charge in [0.15, 0.2) is 17.3 Å². The number of ketones is 1. The first-order valence-electron chi connectivity index (χ1n) is 11.8. The van der Waals surface area contributed by atoms with E-state index in [1.54, 1.807) is 0 Å². The number of fused-ring (bicyclic) bond motifs is 5. The third-order valence-electron chi connectivity index (χ3n) is 7.33. The lowest BCUT2D eigenvalue weighted by atomic mass is 9.71. The minimum Gasteiger partial charge on any atom is -0.454 e. The molecule has 0 fully saturated rings. The quantitative estimate of drug-likeness (QED) is 0.376. The molecular formula is C30H23NO3. The van der Waals surface area contributed by atoms with Crippen molar-refractivity contribution in [1.82, 2.24) is 0 Å². The Kier molecular flexibility index (Phi) is 4.28. The van der Waals surface area contributed by atoms with Gasteiger partial charge in [0.2, 0.25) is 6.79 Å². The predicted molar refractivity (Wildman–Crippen MR) is 133 cm³/mol. The molecule has 2 heterocycles. The molecule has 7 rings (SSSR count). The highest BCUT2D eigenvalue weighted by atomic mass is 16.7. The standard InChI is InChI=1S/C30H23NO3/c32-25-15-21(18-6-2-1-3-7-18)14-23-28-22-9-5-4-8-19(22)10-12-24(28)31-30(29(23)25)20-11-13-26-27(16-20)34-17-33-26/h1-13,16,21,30-31H,14-15,17H2. The Balaban J connectivity index is 1.44. The maximum absolute atomic E-state index is 13.8. The van der Waals surface area contributed by atoms with E-state index in [9.17, 15) is 4.79 Å². The summed E-state index contributed by atoms with van der Waals surface area (Å²) in [5.41, 5.74) is 6.53. The summed E-state index contributed by atoms with van der Waals surface area (Å²) in [5, 5.41) is 6.08. The molecule has 2 unspecified atom stereocenters. The molecule has 2 aliphatic heterocycles. The van der Waals surface area contributed by atoms with Crippen molar-refractivity contribution < 1.29 is 14.3 Å². The number of hydrogen-bond donors (Lipinski definition) is 1. The molecule has 34 heavy (non-hydrogen) atoms. The summed E-state index contributed by atoms with van der Waals surface area (Å²) in [4.78, 5) is 13.8. The number of carbonyl (C=O) groups excluding carboxylic acids is 1. The van der Waals surface area contributed by atoms with Crippen molar-refractivity contribution in [3.63, 3.8) is 0 Å². The van der Waals surface area contributed by atoms with Crippen LogP contribution in [-0.4, -0.2) is 12.6 Å². The average Bonchev–Trinajstić information content (AvgIpc) is 3.36. The number of ether oxygens (including phenoxy) is 2. The van der Waals surface area contributed by atoms with Crippen LogP contribution in [0.15, 0.2) is 90.5 Å². The van der Waals surface area contributed by atoms with Gasteiger partial charge in [-0.1, -0.05) is 66.7 Å². The summed E-state index contributed by atoms with van der Waals surface area (Å²) in [7, 11) is 0. The SMILES string of the molecule is O=C1CC(c2ccccc2)CC2=C1C(c1ccc3c(c1)OCO3)Nc1ccc3ccccc3c12. The first kappa shape index (κ1) is 19.4. The van der Waals surface area contributed by atoms with Crippen molar-refractivity contribution in [3.8, 4) is 11.5 Å². The minimum absolute atomic E-state index is 0.176. The van der Waals surface area contributed by atoms with Gasteiger partial charge in [-0.25, -0.2) is 0 Å². The molecular weight excluding hydrogens is 422 g/mol. The van der Waals surface area contributed by atoms with Crippen molar-refractivity contribution in [1.29, 1.82) is 0 Å². The molecule has 0 amide bonds. The van der Waals surface area contributed by atoms with Crippen LogP contribution in [0.3, 0.4) is 0 Å². The average molecular weight is 446 g/mol. The van der Waals surface area contributed by atoms with E-state index >= 15 is 0 Å². The van der Waals surface area contributed by atoms with Crippen LogP contribution < -0.4 is 14.8 Å². The molecule has 4 aromatic rings. The Bertz CT molecular complexity index is 1490. The second-order valence-corrected chi connectivity index (χ2v) is 9.23. The van der Waals surface area contributed by atoms with E-state index in [0.717, 1.165) is 34.7 Å². The van der Waals surface area contributed by atoms with E-state index in [1.165, 1.54) is 27.5 Å². The van der Waals surface area contributed by atoms with E-state index in [4.69, 9.17) is 9.47 Å². The van der Waals surface area contributed by atoms with E-state index in [1.807, 2.05) is 24.3 Å². The van der Waals surface area contributed by atoms with E-state index in [2.05, 4.69) is 66.0 Å². The Morgan fingerprint density at radius 2 is 1.59 bits per heavy atom. The Morgan fingerprint density at radius 3 is 2.50 bits per heavy atom. The maximum atomic E-state index is 13.8. The Labute approximate surface area is 197 Å². The second-order valence-electron chi connectivity index (χ2n) is 9.23. The molecule has 0 radical (unpaired) electrons. The topological polar surface area (TPSA) is 47.6 Å². The van der Waals surface area contributed by atoms with Crippen molar-refractivity contribution in [2.24, 2.45) is 0 Å². The zero-order valence-corrected chi connectivity index (χ0v) is 18.6. The lowest BCUT2D eigenvalue weighted by molar-refractivity contribution is -0.116. The summed E-state index contributed by atoms with van der Waals surface area (Å²) in [6.45, 7) is 0.233. The van der Waals surface area contributed by atoms with Crippen LogP contribution in [0, 0.1) is 0 Å². The van der Waals surface area contributed by atoms with Crippen LogP contribution in [0.4, 0.5) is 5.69 Å². The number of carbonyl (C=O) groups is 1. The summed E-state index contributed by atoms with van der Waals surface area (Å²) in [6.07, 6.45) is 1.36. The second kappa shape index (κ2) is 7.49. The van der Waals surface area contributed by atoms with Crippen LogP contribution in [-0.2, 0) is 4.79 Å². The molecule has 3 aliphatic rings. The monoisotopic (exact) mass is 445 g/mol. The maximum Gasteiger partial charge on any atom is 0.231 e.